The van der Waals surface area contributed by atoms with Gasteiger partial charge in [-0.15, -0.1) is 0 Å². The van der Waals surface area contributed by atoms with Crippen molar-refractivity contribution in [2.45, 2.75) is 30.7 Å². The predicted molar refractivity (Wildman–Crippen MR) is 100 cm³/mol. The number of hydrogen-bond donors (Lipinski definition) is 0. The number of nitrogens with zero attached hydrogens (tertiary/aromatic N) is 1. The first kappa shape index (κ1) is 18.2. The molecule has 4 rings (SSSR count). The zero-order chi connectivity index (χ0) is 19.3. The second-order valence-electron chi connectivity index (χ2n) is 7.70. The van der Waals surface area contributed by atoms with Crippen molar-refractivity contribution in [2.24, 2.45) is 5.92 Å². The maximum absolute atomic E-state index is 13.0. The standard InChI is InChI=1S/C21H27NO5/c1-22-7-6-21-11-15(23)19(26-4)20(27-5)18(21)14(22)8-12-9-16(24-2)17(25-3)10-13(12)21/h9-10,14,18H,6-8,11H2,1-5H3/t14-,18-,21-/m1/s1. The maximum atomic E-state index is 13.0. The van der Waals surface area contributed by atoms with Gasteiger partial charge in [0.1, 0.15) is 5.76 Å². The van der Waals surface area contributed by atoms with Crippen LogP contribution in [0.25, 0.3) is 0 Å². The topological polar surface area (TPSA) is 57.2 Å². The number of ether oxygens (including phenoxy) is 4. The number of piperidine rings is 1. The van der Waals surface area contributed by atoms with Gasteiger partial charge in [-0.2, -0.15) is 0 Å². The van der Waals surface area contributed by atoms with E-state index in [4.69, 9.17) is 18.9 Å². The third-order valence-electron chi connectivity index (χ3n) is 6.69. The number of allylic oxidation sites excluding steroid dienone is 1. The van der Waals surface area contributed by atoms with Crippen molar-refractivity contribution in [3.05, 3.63) is 34.8 Å². The van der Waals surface area contributed by atoms with Crippen molar-refractivity contribution < 1.29 is 23.7 Å². The third kappa shape index (κ3) is 2.39. The molecule has 1 saturated heterocycles. The van der Waals surface area contributed by atoms with Gasteiger partial charge in [0.05, 0.1) is 28.4 Å². The lowest BCUT2D eigenvalue weighted by Gasteiger charge is -2.57. The summed E-state index contributed by atoms with van der Waals surface area (Å²) in [6.07, 6.45) is 2.19. The number of ketones is 1. The molecule has 0 N–H and O–H groups in total. The van der Waals surface area contributed by atoms with Crippen LogP contribution in [0.5, 0.6) is 11.5 Å². The Bertz CT molecular complexity index is 817. The Morgan fingerprint density at radius 2 is 1.74 bits per heavy atom. The first-order valence-corrected chi connectivity index (χ1v) is 9.31. The summed E-state index contributed by atoms with van der Waals surface area (Å²) in [5.74, 6) is 2.59. The highest BCUT2D eigenvalue weighted by Crippen LogP contribution is 2.57. The van der Waals surface area contributed by atoms with Crippen molar-refractivity contribution in [1.82, 2.24) is 4.90 Å². The van der Waals surface area contributed by atoms with Crippen molar-refractivity contribution in [2.75, 3.05) is 42.0 Å². The Kier molecular flexibility index (Phi) is 4.34. The van der Waals surface area contributed by atoms with E-state index in [1.165, 1.54) is 11.1 Å². The Labute approximate surface area is 160 Å². The minimum atomic E-state index is -0.297. The Morgan fingerprint density at radius 1 is 1.04 bits per heavy atom. The van der Waals surface area contributed by atoms with Gasteiger partial charge in [-0.05, 0) is 49.7 Å². The highest BCUT2D eigenvalue weighted by Gasteiger charge is 2.59. The van der Waals surface area contributed by atoms with E-state index in [0.717, 1.165) is 25.1 Å². The van der Waals surface area contributed by atoms with Crippen molar-refractivity contribution in [1.29, 1.82) is 0 Å². The van der Waals surface area contributed by atoms with E-state index in [0.29, 0.717) is 23.7 Å². The molecule has 1 aromatic carbocycles. The van der Waals surface area contributed by atoms with Gasteiger partial charge >= 0.3 is 0 Å². The summed E-state index contributed by atoms with van der Waals surface area (Å²) in [7, 11) is 8.64. The second kappa shape index (κ2) is 6.44. The van der Waals surface area contributed by atoms with Crippen LogP contribution in [-0.2, 0) is 26.1 Å². The lowest BCUT2D eigenvalue weighted by Crippen LogP contribution is -2.61. The highest BCUT2D eigenvalue weighted by molar-refractivity contribution is 5.96. The number of hydrogen-bond acceptors (Lipinski definition) is 6. The van der Waals surface area contributed by atoms with E-state index in [1.54, 1.807) is 28.4 Å². The molecule has 0 aromatic heterocycles. The Morgan fingerprint density at radius 3 is 2.37 bits per heavy atom. The zero-order valence-corrected chi connectivity index (χ0v) is 16.6. The molecule has 0 spiro atoms. The molecule has 1 fully saturated rings. The smallest absolute Gasteiger partial charge is 0.201 e. The second-order valence-corrected chi connectivity index (χ2v) is 7.70. The number of Topliss-reactive ketones (excluding diaryl/α,β-unsaturated/α-hetero) is 1. The zero-order valence-electron chi connectivity index (χ0n) is 16.6. The SMILES string of the molecule is COC1=C(OC)[C@H]2[C@H]3Cc4cc(OC)c(OC)cc4[C@@]2(CCN3C)CC1=O. The number of likely N-dealkylation sites (N-methyl/N-ethyl adjacent to an activating group) is 1. The molecule has 3 aliphatic rings. The van der Waals surface area contributed by atoms with Gasteiger partial charge in [-0.1, -0.05) is 0 Å². The number of methoxy groups -OCH3 is 4. The number of likely N-dealkylation sites (tertiary alicyclic amines) is 1. The molecule has 1 aliphatic heterocycles. The van der Waals surface area contributed by atoms with E-state index in [-0.39, 0.29) is 23.2 Å². The average molecular weight is 373 g/mol. The minimum absolute atomic E-state index is 0.0107. The van der Waals surface area contributed by atoms with E-state index < -0.39 is 0 Å². The lowest BCUT2D eigenvalue weighted by molar-refractivity contribution is -0.125. The molecule has 2 aliphatic carbocycles. The van der Waals surface area contributed by atoms with E-state index in [2.05, 4.69) is 24.1 Å². The minimum Gasteiger partial charge on any atom is -0.497 e. The number of carbonyl (C=O) groups is 1. The summed E-state index contributed by atoms with van der Waals surface area (Å²) in [4.78, 5) is 15.4. The molecular formula is C21H27NO5. The summed E-state index contributed by atoms with van der Waals surface area (Å²) >= 11 is 0. The quantitative estimate of drug-likeness (QED) is 0.807. The fourth-order valence-electron chi connectivity index (χ4n) is 5.47. The molecule has 0 amide bonds. The molecule has 1 aromatic rings. The van der Waals surface area contributed by atoms with Crippen molar-refractivity contribution in [3.63, 3.8) is 0 Å². The average Bonchev–Trinajstić information content (AvgIpc) is 2.68. The Balaban J connectivity index is 1.98. The molecule has 6 heteroatoms. The van der Waals surface area contributed by atoms with Gasteiger partial charge in [0.25, 0.3) is 0 Å². The fourth-order valence-corrected chi connectivity index (χ4v) is 5.47. The van der Waals surface area contributed by atoms with Crippen molar-refractivity contribution in [3.8, 4) is 11.5 Å². The molecule has 0 saturated carbocycles. The normalized spacial score (nSPS) is 29.7. The first-order chi connectivity index (χ1) is 13.0. The van der Waals surface area contributed by atoms with Gasteiger partial charge in [0, 0.05) is 23.8 Å². The van der Waals surface area contributed by atoms with Gasteiger partial charge in [-0.25, -0.2) is 0 Å². The summed E-state index contributed by atoms with van der Waals surface area (Å²) in [5.41, 5.74) is 2.12. The summed E-state index contributed by atoms with van der Waals surface area (Å²) in [5, 5.41) is 0. The fraction of sp³-hybridized carbons (Fsp3) is 0.571. The number of rotatable bonds is 4. The van der Waals surface area contributed by atoms with E-state index >= 15 is 0 Å². The van der Waals surface area contributed by atoms with Crippen LogP contribution in [0.3, 0.4) is 0 Å². The lowest BCUT2D eigenvalue weighted by atomic mass is 9.53. The van der Waals surface area contributed by atoms with Crippen LogP contribution >= 0.6 is 0 Å². The molecule has 0 unspecified atom stereocenters. The Hall–Kier alpha value is -2.21. The first-order valence-electron chi connectivity index (χ1n) is 9.31. The summed E-state index contributed by atoms with van der Waals surface area (Å²) in [6, 6.07) is 4.39. The molecule has 27 heavy (non-hydrogen) atoms. The molecule has 146 valence electrons. The highest BCUT2D eigenvalue weighted by atomic mass is 16.5. The van der Waals surface area contributed by atoms with Gasteiger partial charge in [0.2, 0.25) is 5.78 Å². The number of carbonyl (C=O) groups excluding carboxylic acids is 1. The van der Waals surface area contributed by atoms with Gasteiger partial charge in [0.15, 0.2) is 17.3 Å². The summed E-state index contributed by atoms with van der Waals surface area (Å²) in [6.45, 7) is 0.946. The molecule has 3 atom stereocenters. The monoisotopic (exact) mass is 373 g/mol. The number of benzene rings is 1. The molecular weight excluding hydrogens is 346 g/mol. The predicted octanol–water partition coefficient (Wildman–Crippen LogP) is 2.30. The maximum Gasteiger partial charge on any atom is 0.201 e. The molecule has 6 nitrogen and oxygen atoms in total. The molecule has 2 bridgehead atoms. The number of fused-ring (bicyclic) bond motifs is 1. The van der Waals surface area contributed by atoms with Crippen molar-refractivity contribution >= 4 is 5.78 Å². The summed E-state index contributed by atoms with van der Waals surface area (Å²) < 4.78 is 22.3. The van der Waals surface area contributed by atoms with Crippen LogP contribution in [0.1, 0.15) is 24.0 Å². The van der Waals surface area contributed by atoms with E-state index in [9.17, 15) is 4.79 Å². The van der Waals surface area contributed by atoms with E-state index in [1.807, 2.05) is 0 Å². The van der Waals surface area contributed by atoms with Crippen LogP contribution < -0.4 is 9.47 Å². The van der Waals surface area contributed by atoms with Crippen LogP contribution in [0.15, 0.2) is 23.7 Å². The van der Waals surface area contributed by atoms with Gasteiger partial charge in [-0.3, -0.25) is 4.79 Å². The molecule has 0 radical (unpaired) electrons. The van der Waals surface area contributed by atoms with Gasteiger partial charge < -0.3 is 23.8 Å². The largest absolute Gasteiger partial charge is 0.497 e. The van der Waals surface area contributed by atoms with Crippen LogP contribution in [0, 0.1) is 5.92 Å². The van der Waals surface area contributed by atoms with Crippen LogP contribution in [0.2, 0.25) is 0 Å². The molecule has 1 heterocycles. The van der Waals surface area contributed by atoms with Crippen LogP contribution in [0.4, 0.5) is 0 Å². The third-order valence-corrected chi connectivity index (χ3v) is 6.69. The van der Waals surface area contributed by atoms with Crippen LogP contribution in [-0.4, -0.2) is 58.8 Å².